The smallest absolute Gasteiger partial charge is 0.323 e. The number of ketones is 1. The van der Waals surface area contributed by atoms with Gasteiger partial charge in [0.05, 0.1) is 25.9 Å². The molecule has 0 amide bonds. The SMILES string of the molecule is CCOC(=O)C1(C(=O)OCC)C[C@@H]2C[C@H]3c4ccccc4C(=O)[C@]2(C1)N3[C@@H](C)C(=O)OC. The Bertz CT molecular complexity index is 955. The summed E-state index contributed by atoms with van der Waals surface area (Å²) in [5.74, 6) is -2.29. The van der Waals surface area contributed by atoms with Crippen molar-refractivity contribution >= 4 is 23.7 Å². The van der Waals surface area contributed by atoms with E-state index < -0.39 is 34.9 Å². The number of hydrogen-bond donors (Lipinski definition) is 0. The number of carbonyl (C=O) groups excluding carboxylic acids is 4. The van der Waals surface area contributed by atoms with Crippen LogP contribution < -0.4 is 0 Å². The second-order valence-corrected chi connectivity index (χ2v) is 8.80. The minimum atomic E-state index is -1.59. The van der Waals surface area contributed by atoms with Crippen molar-refractivity contribution in [1.82, 2.24) is 4.90 Å². The number of esters is 3. The van der Waals surface area contributed by atoms with Crippen molar-refractivity contribution < 1.29 is 33.4 Å². The molecule has 0 aromatic heterocycles. The Morgan fingerprint density at radius 3 is 2.34 bits per heavy atom. The molecule has 0 N–H and O–H groups in total. The number of carbonyl (C=O) groups is 4. The standard InChI is InChI=1S/C24H29NO7/c1-5-31-21(28)23(22(29)32-6-2)12-15-11-18-16-9-7-8-10-17(16)19(26)24(15,13-23)25(18)14(3)20(27)30-4/h7-10,14-15,18H,5-6,11-13H2,1-4H3/t14-,15-,18-,24+/m0/s1. The average molecular weight is 443 g/mol. The summed E-state index contributed by atoms with van der Waals surface area (Å²) < 4.78 is 15.6. The van der Waals surface area contributed by atoms with Crippen LogP contribution in [-0.4, -0.2) is 60.5 Å². The van der Waals surface area contributed by atoms with E-state index in [-0.39, 0.29) is 43.8 Å². The van der Waals surface area contributed by atoms with E-state index in [9.17, 15) is 19.2 Å². The first kappa shape index (κ1) is 22.5. The lowest BCUT2D eigenvalue weighted by Gasteiger charge is -2.47. The van der Waals surface area contributed by atoms with Gasteiger partial charge in [-0.3, -0.25) is 24.1 Å². The molecule has 8 heteroatoms. The molecule has 1 saturated carbocycles. The molecule has 1 aliphatic carbocycles. The van der Waals surface area contributed by atoms with Crippen LogP contribution in [0.4, 0.5) is 0 Å². The van der Waals surface area contributed by atoms with Gasteiger partial charge in [0.1, 0.15) is 6.04 Å². The molecule has 3 aliphatic rings. The number of methoxy groups -OCH3 is 1. The van der Waals surface area contributed by atoms with E-state index in [4.69, 9.17) is 14.2 Å². The van der Waals surface area contributed by atoms with E-state index in [0.717, 1.165) is 5.56 Å². The van der Waals surface area contributed by atoms with Crippen LogP contribution in [0.15, 0.2) is 24.3 Å². The van der Waals surface area contributed by atoms with Crippen LogP contribution in [0.1, 0.15) is 62.0 Å². The van der Waals surface area contributed by atoms with Crippen LogP contribution in [0.25, 0.3) is 0 Å². The fraction of sp³-hybridized carbons (Fsp3) is 0.583. The highest BCUT2D eigenvalue weighted by Gasteiger charge is 2.74. The van der Waals surface area contributed by atoms with Gasteiger partial charge in [-0.15, -0.1) is 0 Å². The van der Waals surface area contributed by atoms with E-state index in [1.807, 2.05) is 17.0 Å². The van der Waals surface area contributed by atoms with Crippen LogP contribution in [0.3, 0.4) is 0 Å². The zero-order valence-electron chi connectivity index (χ0n) is 18.9. The van der Waals surface area contributed by atoms with Gasteiger partial charge in [0.25, 0.3) is 0 Å². The van der Waals surface area contributed by atoms with Crippen LogP contribution in [0.2, 0.25) is 0 Å². The zero-order chi connectivity index (χ0) is 23.3. The number of ether oxygens (including phenoxy) is 3. The van der Waals surface area contributed by atoms with Gasteiger partial charge >= 0.3 is 17.9 Å². The van der Waals surface area contributed by atoms with Gasteiger partial charge in [-0.1, -0.05) is 24.3 Å². The van der Waals surface area contributed by atoms with Gasteiger partial charge in [0.2, 0.25) is 0 Å². The van der Waals surface area contributed by atoms with Gasteiger partial charge < -0.3 is 14.2 Å². The van der Waals surface area contributed by atoms with E-state index in [2.05, 4.69) is 0 Å². The number of nitrogens with zero attached hydrogens (tertiary/aromatic N) is 1. The summed E-state index contributed by atoms with van der Waals surface area (Å²) in [6.07, 6.45) is 0.614. The van der Waals surface area contributed by atoms with Gasteiger partial charge in [0.15, 0.2) is 11.2 Å². The highest BCUT2D eigenvalue weighted by molar-refractivity contribution is 6.10. The van der Waals surface area contributed by atoms with Gasteiger partial charge in [-0.2, -0.15) is 0 Å². The number of benzene rings is 1. The molecule has 1 spiro atoms. The molecule has 0 unspecified atom stereocenters. The fourth-order valence-corrected chi connectivity index (χ4v) is 6.23. The molecule has 172 valence electrons. The maximum absolute atomic E-state index is 14.1. The highest BCUT2D eigenvalue weighted by Crippen LogP contribution is 2.65. The molecule has 32 heavy (non-hydrogen) atoms. The number of rotatable bonds is 6. The normalized spacial score (nSPS) is 28.4. The van der Waals surface area contributed by atoms with Crippen molar-refractivity contribution in [3.63, 3.8) is 0 Å². The number of fused-ring (bicyclic) bond motifs is 3. The van der Waals surface area contributed by atoms with Crippen molar-refractivity contribution in [2.45, 2.75) is 57.7 Å². The third-order valence-corrected chi connectivity index (χ3v) is 7.40. The quantitative estimate of drug-likeness (QED) is 0.376. The summed E-state index contributed by atoms with van der Waals surface area (Å²) in [7, 11) is 1.31. The molecular formula is C24H29NO7. The first-order valence-corrected chi connectivity index (χ1v) is 11.1. The van der Waals surface area contributed by atoms with E-state index in [1.165, 1.54) is 7.11 Å². The van der Waals surface area contributed by atoms with Crippen molar-refractivity contribution in [2.75, 3.05) is 20.3 Å². The molecule has 2 heterocycles. The summed E-state index contributed by atoms with van der Waals surface area (Å²) in [6.45, 7) is 5.28. The van der Waals surface area contributed by atoms with Crippen LogP contribution >= 0.6 is 0 Å². The molecule has 1 saturated heterocycles. The molecule has 2 aliphatic heterocycles. The van der Waals surface area contributed by atoms with Crippen LogP contribution in [-0.2, 0) is 28.6 Å². The summed E-state index contributed by atoms with van der Waals surface area (Å²) in [4.78, 5) is 54.8. The van der Waals surface area contributed by atoms with Gasteiger partial charge in [-0.05, 0) is 45.1 Å². The molecule has 1 aromatic carbocycles. The second-order valence-electron chi connectivity index (χ2n) is 8.80. The number of Topliss-reactive ketones (excluding diaryl/α,β-unsaturated/α-hetero) is 1. The summed E-state index contributed by atoms with van der Waals surface area (Å²) in [5, 5.41) is 0. The minimum Gasteiger partial charge on any atom is -0.468 e. The topological polar surface area (TPSA) is 99.2 Å². The van der Waals surface area contributed by atoms with Crippen molar-refractivity contribution in [3.05, 3.63) is 35.4 Å². The predicted molar refractivity (Wildman–Crippen MR) is 113 cm³/mol. The summed E-state index contributed by atoms with van der Waals surface area (Å²) >= 11 is 0. The number of hydrogen-bond acceptors (Lipinski definition) is 8. The minimum absolute atomic E-state index is 0.0761. The van der Waals surface area contributed by atoms with E-state index in [1.54, 1.807) is 32.9 Å². The van der Waals surface area contributed by atoms with Crippen molar-refractivity contribution in [2.24, 2.45) is 11.3 Å². The fourth-order valence-electron chi connectivity index (χ4n) is 6.23. The Hall–Kier alpha value is -2.74. The molecular weight excluding hydrogens is 414 g/mol. The monoisotopic (exact) mass is 443 g/mol. The Morgan fingerprint density at radius 1 is 1.12 bits per heavy atom. The molecule has 4 rings (SSSR count). The van der Waals surface area contributed by atoms with Gasteiger partial charge in [0, 0.05) is 18.0 Å². The third kappa shape index (κ3) is 2.85. The van der Waals surface area contributed by atoms with Gasteiger partial charge in [-0.25, -0.2) is 0 Å². The average Bonchev–Trinajstić information content (AvgIpc) is 3.26. The maximum Gasteiger partial charge on any atom is 0.323 e. The molecule has 2 fully saturated rings. The Labute approximate surface area is 187 Å². The van der Waals surface area contributed by atoms with Crippen molar-refractivity contribution in [1.29, 1.82) is 0 Å². The zero-order valence-corrected chi connectivity index (χ0v) is 18.9. The van der Waals surface area contributed by atoms with E-state index >= 15 is 0 Å². The first-order chi connectivity index (χ1) is 15.3. The predicted octanol–water partition coefficient (Wildman–Crippen LogP) is 2.45. The Kier molecular flexibility index (Phi) is 5.61. The third-order valence-electron chi connectivity index (χ3n) is 7.40. The Balaban J connectivity index is 1.89. The molecule has 4 atom stereocenters. The van der Waals surface area contributed by atoms with Crippen LogP contribution in [0.5, 0.6) is 0 Å². The second kappa shape index (κ2) is 7.99. The molecule has 2 bridgehead atoms. The lowest BCUT2D eigenvalue weighted by Crippen LogP contribution is -2.61. The Morgan fingerprint density at radius 2 is 1.75 bits per heavy atom. The maximum atomic E-state index is 14.1. The first-order valence-electron chi connectivity index (χ1n) is 11.1. The molecule has 0 radical (unpaired) electrons. The molecule has 1 aromatic rings. The largest absolute Gasteiger partial charge is 0.468 e. The van der Waals surface area contributed by atoms with E-state index in [0.29, 0.717) is 12.0 Å². The lowest BCUT2D eigenvalue weighted by atomic mass is 9.75. The summed E-state index contributed by atoms with van der Waals surface area (Å²) in [5.41, 5.74) is -1.33. The van der Waals surface area contributed by atoms with Crippen LogP contribution in [0, 0.1) is 11.3 Å². The van der Waals surface area contributed by atoms with Crippen molar-refractivity contribution in [3.8, 4) is 0 Å². The lowest BCUT2D eigenvalue weighted by molar-refractivity contribution is -0.172. The highest BCUT2D eigenvalue weighted by atomic mass is 16.6. The summed E-state index contributed by atoms with van der Waals surface area (Å²) in [6, 6.07) is 6.45. The molecule has 8 nitrogen and oxygen atoms in total.